The van der Waals surface area contributed by atoms with Gasteiger partial charge in [0.25, 0.3) is 5.91 Å². The van der Waals surface area contributed by atoms with Gasteiger partial charge in [-0.1, -0.05) is 6.92 Å². The SMILES string of the molecule is CCc1ncc(C(=O)N2CCN(C3CCOCC3)CC2)cn1. The number of amides is 1. The van der Waals surface area contributed by atoms with E-state index in [2.05, 4.69) is 14.9 Å². The summed E-state index contributed by atoms with van der Waals surface area (Å²) in [6.07, 6.45) is 6.32. The van der Waals surface area contributed by atoms with Gasteiger partial charge in [0.2, 0.25) is 0 Å². The van der Waals surface area contributed by atoms with E-state index in [4.69, 9.17) is 4.74 Å². The van der Waals surface area contributed by atoms with Gasteiger partial charge in [-0.3, -0.25) is 9.69 Å². The van der Waals surface area contributed by atoms with Gasteiger partial charge in [0.05, 0.1) is 5.56 Å². The van der Waals surface area contributed by atoms with Crippen molar-refractivity contribution in [1.82, 2.24) is 19.8 Å². The molecule has 0 aliphatic carbocycles. The van der Waals surface area contributed by atoms with Crippen LogP contribution in [0, 0.1) is 0 Å². The molecule has 2 saturated heterocycles. The maximum atomic E-state index is 12.5. The molecule has 1 amide bonds. The fourth-order valence-corrected chi connectivity index (χ4v) is 3.17. The highest BCUT2D eigenvalue weighted by molar-refractivity contribution is 5.93. The highest BCUT2D eigenvalue weighted by atomic mass is 16.5. The number of hydrogen-bond donors (Lipinski definition) is 0. The predicted octanol–water partition coefficient (Wildman–Crippen LogP) is 0.976. The summed E-state index contributed by atoms with van der Waals surface area (Å²) in [6, 6.07) is 0.623. The van der Waals surface area contributed by atoms with Gasteiger partial charge in [0.15, 0.2) is 0 Å². The minimum atomic E-state index is 0.0503. The molecule has 0 radical (unpaired) electrons. The number of hydrogen-bond acceptors (Lipinski definition) is 5. The van der Waals surface area contributed by atoms with Gasteiger partial charge in [-0.15, -0.1) is 0 Å². The second-order valence-corrected chi connectivity index (χ2v) is 5.91. The predicted molar refractivity (Wildman–Crippen MR) is 82.7 cm³/mol. The van der Waals surface area contributed by atoms with Gasteiger partial charge in [0.1, 0.15) is 5.82 Å². The molecule has 0 N–H and O–H groups in total. The van der Waals surface area contributed by atoms with Crippen molar-refractivity contribution in [3.63, 3.8) is 0 Å². The summed E-state index contributed by atoms with van der Waals surface area (Å²) in [6.45, 7) is 7.20. The molecular formula is C16H24N4O2. The van der Waals surface area contributed by atoms with E-state index in [0.29, 0.717) is 11.6 Å². The van der Waals surface area contributed by atoms with Crippen LogP contribution in [0.4, 0.5) is 0 Å². The Bertz CT molecular complexity index is 491. The lowest BCUT2D eigenvalue weighted by Gasteiger charge is -2.40. The lowest BCUT2D eigenvalue weighted by atomic mass is 10.1. The Morgan fingerprint density at radius 2 is 1.82 bits per heavy atom. The van der Waals surface area contributed by atoms with Crippen molar-refractivity contribution in [3.8, 4) is 0 Å². The zero-order valence-corrected chi connectivity index (χ0v) is 13.2. The molecule has 1 aromatic rings. The normalized spacial score (nSPS) is 21.0. The highest BCUT2D eigenvalue weighted by Crippen LogP contribution is 2.17. The van der Waals surface area contributed by atoms with Gasteiger partial charge in [-0.05, 0) is 12.8 Å². The topological polar surface area (TPSA) is 58.6 Å². The summed E-state index contributed by atoms with van der Waals surface area (Å²) >= 11 is 0. The molecule has 120 valence electrons. The number of carbonyl (C=O) groups is 1. The number of nitrogens with zero attached hydrogens (tertiary/aromatic N) is 4. The molecule has 0 atom stereocenters. The van der Waals surface area contributed by atoms with Gasteiger partial charge in [0, 0.05) is 64.2 Å². The quantitative estimate of drug-likeness (QED) is 0.833. The molecule has 3 heterocycles. The monoisotopic (exact) mass is 304 g/mol. The third-order valence-corrected chi connectivity index (χ3v) is 4.58. The van der Waals surface area contributed by atoms with Crippen molar-refractivity contribution in [3.05, 3.63) is 23.8 Å². The van der Waals surface area contributed by atoms with Crippen molar-refractivity contribution in [2.45, 2.75) is 32.2 Å². The summed E-state index contributed by atoms with van der Waals surface area (Å²) < 4.78 is 5.42. The molecule has 0 spiro atoms. The molecule has 2 fully saturated rings. The van der Waals surface area contributed by atoms with Gasteiger partial charge in [-0.25, -0.2) is 9.97 Å². The average molecular weight is 304 g/mol. The van der Waals surface area contributed by atoms with E-state index in [0.717, 1.165) is 64.5 Å². The Balaban J connectivity index is 1.54. The molecule has 0 unspecified atom stereocenters. The fourth-order valence-electron chi connectivity index (χ4n) is 3.17. The lowest BCUT2D eigenvalue weighted by Crippen LogP contribution is -2.53. The van der Waals surface area contributed by atoms with Gasteiger partial charge < -0.3 is 9.64 Å². The zero-order valence-electron chi connectivity index (χ0n) is 13.2. The number of rotatable bonds is 3. The minimum absolute atomic E-state index is 0.0503. The van der Waals surface area contributed by atoms with Crippen LogP contribution in [0.1, 0.15) is 35.9 Å². The summed E-state index contributed by atoms with van der Waals surface area (Å²) in [5, 5.41) is 0. The van der Waals surface area contributed by atoms with Crippen LogP contribution >= 0.6 is 0 Å². The van der Waals surface area contributed by atoms with E-state index in [9.17, 15) is 4.79 Å². The number of carbonyl (C=O) groups excluding carboxylic acids is 1. The lowest BCUT2D eigenvalue weighted by molar-refractivity contribution is 0.0137. The number of aryl methyl sites for hydroxylation is 1. The first-order valence-corrected chi connectivity index (χ1v) is 8.20. The van der Waals surface area contributed by atoms with Crippen LogP contribution in [0.5, 0.6) is 0 Å². The number of ether oxygens (including phenoxy) is 1. The second kappa shape index (κ2) is 7.15. The first-order valence-electron chi connectivity index (χ1n) is 8.20. The molecule has 3 rings (SSSR count). The largest absolute Gasteiger partial charge is 0.381 e. The average Bonchev–Trinajstić information content (AvgIpc) is 2.62. The van der Waals surface area contributed by atoms with Gasteiger partial charge in [-0.2, -0.15) is 0 Å². The molecule has 1 aromatic heterocycles. The van der Waals surface area contributed by atoms with Crippen LogP contribution in [0.25, 0.3) is 0 Å². The van der Waals surface area contributed by atoms with Crippen LogP contribution in [0.3, 0.4) is 0 Å². The van der Waals surface area contributed by atoms with Crippen LogP contribution in [0.15, 0.2) is 12.4 Å². The van der Waals surface area contributed by atoms with E-state index in [-0.39, 0.29) is 5.91 Å². The summed E-state index contributed by atoms with van der Waals surface area (Å²) in [5.74, 6) is 0.829. The molecule has 6 heteroatoms. The van der Waals surface area contributed by atoms with E-state index in [1.165, 1.54) is 0 Å². The van der Waals surface area contributed by atoms with Crippen molar-refractivity contribution < 1.29 is 9.53 Å². The standard InChI is InChI=1S/C16H24N4O2/c1-2-15-17-11-13(12-18-15)16(21)20-7-5-19(6-8-20)14-3-9-22-10-4-14/h11-12,14H,2-10H2,1H3. The molecule has 2 aliphatic rings. The number of aromatic nitrogens is 2. The fraction of sp³-hybridized carbons (Fsp3) is 0.688. The number of piperazine rings is 1. The molecule has 0 saturated carbocycles. The molecule has 0 bridgehead atoms. The molecule has 0 aromatic carbocycles. The van der Waals surface area contributed by atoms with Crippen molar-refractivity contribution >= 4 is 5.91 Å². The molecular weight excluding hydrogens is 280 g/mol. The first kappa shape index (κ1) is 15.4. The van der Waals surface area contributed by atoms with Crippen molar-refractivity contribution in [2.75, 3.05) is 39.4 Å². The van der Waals surface area contributed by atoms with Crippen LogP contribution < -0.4 is 0 Å². The van der Waals surface area contributed by atoms with E-state index >= 15 is 0 Å². The van der Waals surface area contributed by atoms with Gasteiger partial charge >= 0.3 is 0 Å². The Kier molecular flexibility index (Phi) is 5.00. The van der Waals surface area contributed by atoms with E-state index < -0.39 is 0 Å². The third kappa shape index (κ3) is 3.44. The Hall–Kier alpha value is -1.53. The summed E-state index contributed by atoms with van der Waals surface area (Å²) in [7, 11) is 0. The Morgan fingerprint density at radius 3 is 2.41 bits per heavy atom. The first-order chi connectivity index (χ1) is 10.8. The third-order valence-electron chi connectivity index (χ3n) is 4.58. The van der Waals surface area contributed by atoms with Crippen molar-refractivity contribution in [1.29, 1.82) is 0 Å². The highest BCUT2D eigenvalue weighted by Gasteiger charge is 2.27. The van der Waals surface area contributed by atoms with Crippen molar-refractivity contribution in [2.24, 2.45) is 0 Å². The maximum Gasteiger partial charge on any atom is 0.257 e. The van der Waals surface area contributed by atoms with E-state index in [1.54, 1.807) is 12.4 Å². The molecule has 22 heavy (non-hydrogen) atoms. The van der Waals surface area contributed by atoms with Crippen LogP contribution in [0.2, 0.25) is 0 Å². The van der Waals surface area contributed by atoms with E-state index in [1.807, 2.05) is 11.8 Å². The zero-order chi connectivity index (χ0) is 15.4. The van der Waals surface area contributed by atoms with Crippen LogP contribution in [-0.2, 0) is 11.2 Å². The Morgan fingerprint density at radius 1 is 1.18 bits per heavy atom. The molecule has 2 aliphatic heterocycles. The second-order valence-electron chi connectivity index (χ2n) is 5.91. The smallest absolute Gasteiger partial charge is 0.257 e. The minimum Gasteiger partial charge on any atom is -0.381 e. The summed E-state index contributed by atoms with van der Waals surface area (Å²) in [5.41, 5.74) is 0.594. The summed E-state index contributed by atoms with van der Waals surface area (Å²) in [4.78, 5) is 25.3. The maximum absolute atomic E-state index is 12.5. The molecule has 6 nitrogen and oxygen atoms in total. The van der Waals surface area contributed by atoms with Crippen LogP contribution in [-0.4, -0.2) is 71.1 Å². The Labute approximate surface area is 131 Å².